The molecule has 224 valence electrons. The molecular weight excluding hydrogens is 552 g/mol. The fourth-order valence-corrected chi connectivity index (χ4v) is 4.86. The lowest BCUT2D eigenvalue weighted by Gasteiger charge is -2.24. The number of para-hydroxylation sites is 1. The number of ether oxygens (including phenoxy) is 1. The van der Waals surface area contributed by atoms with Gasteiger partial charge in [0.1, 0.15) is 5.60 Å². The summed E-state index contributed by atoms with van der Waals surface area (Å²) < 4.78 is 5.46. The van der Waals surface area contributed by atoms with E-state index >= 15 is 0 Å². The lowest BCUT2D eigenvalue weighted by atomic mass is 9.99. The van der Waals surface area contributed by atoms with Gasteiger partial charge in [-0.25, -0.2) is 9.79 Å². The molecule has 5 rings (SSSR count). The van der Waals surface area contributed by atoms with Gasteiger partial charge in [-0.1, -0.05) is 60.7 Å². The molecule has 44 heavy (non-hydrogen) atoms. The quantitative estimate of drug-likeness (QED) is 0.191. The molecule has 0 atom stereocenters. The molecule has 8 nitrogen and oxygen atoms in total. The van der Waals surface area contributed by atoms with Gasteiger partial charge in [-0.05, 0) is 68.8 Å². The van der Waals surface area contributed by atoms with Crippen molar-refractivity contribution in [2.75, 3.05) is 19.0 Å². The smallest absolute Gasteiger partial charge is 0.410 e. The third-order valence-electron chi connectivity index (χ3n) is 7.06. The molecule has 1 aromatic heterocycles. The number of anilines is 1. The zero-order chi connectivity index (χ0) is 31.4. The lowest BCUT2D eigenvalue weighted by Crippen LogP contribution is -2.33. The molecule has 8 heteroatoms. The van der Waals surface area contributed by atoms with E-state index in [2.05, 4.69) is 4.98 Å². The molecular formula is C36H36N4O4. The predicted octanol–water partition coefficient (Wildman–Crippen LogP) is 7.69. The zero-order valence-electron chi connectivity index (χ0n) is 25.5. The third-order valence-corrected chi connectivity index (χ3v) is 7.06. The number of carbonyl (C=O) groups is 2. The number of fused-ring (bicyclic) bond motifs is 1. The Morgan fingerprint density at radius 3 is 2.11 bits per heavy atom. The molecule has 0 aliphatic heterocycles. The maximum Gasteiger partial charge on any atom is 0.410 e. The molecule has 0 saturated carbocycles. The monoisotopic (exact) mass is 588 g/mol. The van der Waals surface area contributed by atoms with Crippen LogP contribution < -0.4 is 4.90 Å². The van der Waals surface area contributed by atoms with Gasteiger partial charge in [0, 0.05) is 48.4 Å². The number of nitrogens with one attached hydrogen (secondary N) is 1. The van der Waals surface area contributed by atoms with Crippen molar-refractivity contribution in [3.05, 3.63) is 125 Å². The van der Waals surface area contributed by atoms with Crippen LogP contribution in [0.5, 0.6) is 5.88 Å². The van der Waals surface area contributed by atoms with Crippen LogP contribution in [-0.2, 0) is 11.3 Å². The van der Waals surface area contributed by atoms with Gasteiger partial charge in [0.05, 0.1) is 17.0 Å². The fourth-order valence-electron chi connectivity index (χ4n) is 4.86. The largest absolute Gasteiger partial charge is 0.494 e. The molecule has 2 N–H and O–H groups in total. The van der Waals surface area contributed by atoms with Crippen molar-refractivity contribution in [3.63, 3.8) is 0 Å². The summed E-state index contributed by atoms with van der Waals surface area (Å²) in [5, 5.41) is 11.8. The summed E-state index contributed by atoms with van der Waals surface area (Å²) in [5.41, 5.74) is 4.80. The van der Waals surface area contributed by atoms with Crippen LogP contribution in [0.25, 0.3) is 10.9 Å². The molecule has 0 aliphatic rings. The molecule has 1 heterocycles. The highest BCUT2D eigenvalue weighted by atomic mass is 16.6. The second-order valence-electron chi connectivity index (χ2n) is 11.6. The molecule has 4 aromatic carbocycles. The minimum absolute atomic E-state index is 0.0424. The molecule has 0 saturated heterocycles. The van der Waals surface area contributed by atoms with Crippen LogP contribution in [0.3, 0.4) is 0 Å². The number of aliphatic imine (C=N–C) groups is 1. The summed E-state index contributed by atoms with van der Waals surface area (Å²) >= 11 is 0. The van der Waals surface area contributed by atoms with Crippen molar-refractivity contribution in [3.8, 4) is 5.88 Å². The van der Waals surface area contributed by atoms with Gasteiger partial charge in [0.25, 0.3) is 5.91 Å². The number of hydrogen-bond donors (Lipinski definition) is 2. The average molecular weight is 589 g/mol. The summed E-state index contributed by atoms with van der Waals surface area (Å²) in [6.07, 6.45) is -0.395. The molecule has 0 spiro atoms. The van der Waals surface area contributed by atoms with E-state index in [4.69, 9.17) is 9.73 Å². The Hall–Kier alpha value is -5.37. The first-order valence-corrected chi connectivity index (χ1v) is 14.4. The summed E-state index contributed by atoms with van der Waals surface area (Å²) in [7, 11) is 3.44. The Morgan fingerprint density at radius 2 is 1.48 bits per heavy atom. The van der Waals surface area contributed by atoms with Gasteiger partial charge in [-0.2, -0.15) is 0 Å². The maximum atomic E-state index is 13.4. The Morgan fingerprint density at radius 1 is 0.841 bits per heavy atom. The Labute approximate surface area is 257 Å². The van der Waals surface area contributed by atoms with Crippen molar-refractivity contribution < 1.29 is 19.4 Å². The highest BCUT2D eigenvalue weighted by molar-refractivity contribution is 6.22. The summed E-state index contributed by atoms with van der Waals surface area (Å²) in [4.78, 5) is 37.0. The van der Waals surface area contributed by atoms with Gasteiger partial charge in [-0.3, -0.25) is 4.79 Å². The van der Waals surface area contributed by atoms with Gasteiger partial charge < -0.3 is 24.6 Å². The molecule has 2 amide bonds. The second kappa shape index (κ2) is 12.5. The fraction of sp³-hybridized carbons (Fsp3) is 0.194. The minimum atomic E-state index is -0.572. The first kappa shape index (κ1) is 30.1. The van der Waals surface area contributed by atoms with E-state index in [0.29, 0.717) is 40.0 Å². The Bertz CT molecular complexity index is 1800. The number of H-pyrrole nitrogens is 1. The van der Waals surface area contributed by atoms with E-state index in [1.807, 2.05) is 106 Å². The van der Waals surface area contributed by atoms with E-state index in [1.54, 1.807) is 37.2 Å². The Kier molecular flexibility index (Phi) is 8.53. The van der Waals surface area contributed by atoms with Gasteiger partial charge in [0.2, 0.25) is 0 Å². The summed E-state index contributed by atoms with van der Waals surface area (Å²) in [6, 6.07) is 31.9. The van der Waals surface area contributed by atoms with E-state index in [1.165, 1.54) is 4.90 Å². The molecule has 0 bridgehead atoms. The Balaban J connectivity index is 1.50. The van der Waals surface area contributed by atoms with Crippen molar-refractivity contribution in [2.24, 2.45) is 4.99 Å². The summed E-state index contributed by atoms with van der Waals surface area (Å²) in [6.45, 7) is 5.89. The van der Waals surface area contributed by atoms with Crippen LogP contribution in [0.1, 0.15) is 47.8 Å². The normalized spacial score (nSPS) is 11.8. The highest BCUT2D eigenvalue weighted by Gasteiger charge is 2.22. The topological polar surface area (TPSA) is 98.2 Å². The summed E-state index contributed by atoms with van der Waals surface area (Å²) in [5.74, 6) is -0.214. The van der Waals surface area contributed by atoms with Crippen LogP contribution in [0.15, 0.2) is 108 Å². The SMILES string of the molecule is CN(Cc1ccc(N=C(c2ccccc2)c2c(O)[nH]c3ccc(C(=O)N(C)c4ccccc4)cc23)cc1)C(=O)OC(C)(C)C. The van der Waals surface area contributed by atoms with E-state index in [0.717, 1.165) is 16.8 Å². The van der Waals surface area contributed by atoms with Crippen LogP contribution >= 0.6 is 0 Å². The van der Waals surface area contributed by atoms with Crippen LogP contribution in [0.2, 0.25) is 0 Å². The number of carbonyl (C=O) groups excluding carboxylic acids is 2. The van der Waals surface area contributed by atoms with Gasteiger partial charge >= 0.3 is 6.09 Å². The number of aromatic amines is 1. The van der Waals surface area contributed by atoms with Crippen molar-refractivity contribution in [2.45, 2.75) is 32.9 Å². The van der Waals surface area contributed by atoms with Crippen LogP contribution in [0.4, 0.5) is 16.2 Å². The van der Waals surface area contributed by atoms with Crippen molar-refractivity contribution >= 4 is 40.0 Å². The highest BCUT2D eigenvalue weighted by Crippen LogP contribution is 2.33. The molecule has 0 radical (unpaired) electrons. The van der Waals surface area contributed by atoms with Crippen molar-refractivity contribution in [1.82, 2.24) is 9.88 Å². The minimum Gasteiger partial charge on any atom is -0.494 e. The van der Waals surface area contributed by atoms with E-state index in [-0.39, 0.29) is 11.8 Å². The second-order valence-corrected chi connectivity index (χ2v) is 11.6. The number of benzene rings is 4. The van der Waals surface area contributed by atoms with Crippen LogP contribution in [0, 0.1) is 0 Å². The van der Waals surface area contributed by atoms with Gasteiger partial charge in [-0.15, -0.1) is 0 Å². The number of aromatic nitrogens is 1. The zero-order valence-corrected chi connectivity index (χ0v) is 25.5. The van der Waals surface area contributed by atoms with E-state index < -0.39 is 11.7 Å². The maximum absolute atomic E-state index is 13.4. The number of aromatic hydroxyl groups is 1. The molecule has 0 aliphatic carbocycles. The number of amides is 2. The predicted molar refractivity (Wildman–Crippen MR) is 175 cm³/mol. The first-order chi connectivity index (χ1) is 21.0. The number of rotatable bonds is 7. The third kappa shape index (κ3) is 6.81. The number of nitrogens with zero attached hydrogens (tertiary/aromatic N) is 3. The molecule has 0 unspecified atom stereocenters. The van der Waals surface area contributed by atoms with Gasteiger partial charge in [0.15, 0.2) is 5.88 Å². The van der Waals surface area contributed by atoms with Crippen molar-refractivity contribution in [1.29, 1.82) is 0 Å². The molecule has 5 aromatic rings. The van der Waals surface area contributed by atoms with Crippen LogP contribution in [-0.4, -0.2) is 52.4 Å². The number of hydrogen-bond acceptors (Lipinski definition) is 5. The van der Waals surface area contributed by atoms with E-state index in [9.17, 15) is 14.7 Å². The first-order valence-electron chi connectivity index (χ1n) is 14.4. The lowest BCUT2D eigenvalue weighted by molar-refractivity contribution is 0.0285. The average Bonchev–Trinajstić information content (AvgIpc) is 3.34. The standard InChI is InChI=1S/C36H36N4O4/c1-36(2,3)44-35(43)39(4)23-24-16-19-27(20-17-24)37-32(25-12-8-6-9-13-25)31-29-22-26(18-21-30(29)38-33(31)41)34(42)40(5)28-14-10-7-11-15-28/h6-22,38,41H,23H2,1-5H3. The molecule has 0 fully saturated rings.